The molecule has 5 rings (SSSR count). The van der Waals surface area contributed by atoms with Gasteiger partial charge in [-0.05, 0) is 75.3 Å². The number of benzene rings is 3. The summed E-state index contributed by atoms with van der Waals surface area (Å²) in [5.74, 6) is 2.36. The first-order valence-corrected chi connectivity index (χ1v) is 12.0. The van der Waals surface area contributed by atoms with E-state index < -0.39 is 0 Å². The molecule has 1 heterocycles. The summed E-state index contributed by atoms with van der Waals surface area (Å²) >= 11 is 7.37. The molecule has 3 aromatic carbocycles. The van der Waals surface area contributed by atoms with Gasteiger partial charge in [-0.2, -0.15) is 0 Å². The summed E-state index contributed by atoms with van der Waals surface area (Å²) < 4.78 is 13.9. The van der Waals surface area contributed by atoms with Crippen LogP contribution in [0.4, 0.5) is 5.69 Å². The van der Waals surface area contributed by atoms with Gasteiger partial charge in [0.05, 0.1) is 17.6 Å². The molecule has 3 nitrogen and oxygen atoms in total. The number of hydrogen-bond acceptors (Lipinski definition) is 3. The summed E-state index contributed by atoms with van der Waals surface area (Å²) in [7, 11) is 1.70. The summed E-state index contributed by atoms with van der Waals surface area (Å²) in [5.41, 5.74) is 4.87. The molecule has 0 saturated carbocycles. The molecule has 0 fully saturated rings. The van der Waals surface area contributed by atoms with Crippen molar-refractivity contribution in [3.05, 3.63) is 98.5 Å². The lowest BCUT2D eigenvalue weighted by atomic mass is 9.77. The third-order valence-electron chi connectivity index (χ3n) is 6.16. The molecule has 0 amide bonds. The molecule has 0 radical (unpaired) electrons. The van der Waals surface area contributed by atoms with Crippen LogP contribution in [0.15, 0.2) is 81.8 Å². The molecule has 3 atom stereocenters. The fourth-order valence-electron chi connectivity index (χ4n) is 4.68. The van der Waals surface area contributed by atoms with Crippen LogP contribution in [0.5, 0.6) is 11.5 Å². The highest BCUT2D eigenvalue weighted by atomic mass is 79.9. The molecule has 1 N–H and O–H groups in total. The summed E-state index contributed by atoms with van der Waals surface area (Å²) in [4.78, 5) is 0. The second-order valence-corrected chi connectivity index (χ2v) is 9.79. The number of fused-ring (bicyclic) bond motifs is 3. The SMILES string of the molecule is COc1cc([C@@H]2Nc3ccc(Br)cc3[C@@H]3C=CC[C@@H]32)cc(Br)c1OCc1ccccc1. The van der Waals surface area contributed by atoms with Gasteiger partial charge in [0, 0.05) is 16.1 Å². The smallest absolute Gasteiger partial charge is 0.175 e. The number of anilines is 1. The van der Waals surface area contributed by atoms with Crippen LogP contribution < -0.4 is 14.8 Å². The van der Waals surface area contributed by atoms with Crippen molar-refractivity contribution in [3.8, 4) is 11.5 Å². The van der Waals surface area contributed by atoms with Crippen LogP contribution >= 0.6 is 31.9 Å². The summed E-state index contributed by atoms with van der Waals surface area (Å²) in [6, 6.07) is 21.1. The molecule has 1 aliphatic heterocycles. The molecule has 3 aromatic rings. The van der Waals surface area contributed by atoms with Crippen LogP contribution in [0.25, 0.3) is 0 Å². The highest BCUT2D eigenvalue weighted by Gasteiger charge is 2.38. The Hall–Kier alpha value is -2.24. The molecule has 0 aromatic heterocycles. The molecule has 1 aliphatic carbocycles. The highest BCUT2D eigenvalue weighted by molar-refractivity contribution is 9.10. The molecule has 31 heavy (non-hydrogen) atoms. The minimum absolute atomic E-state index is 0.196. The fourth-order valence-corrected chi connectivity index (χ4v) is 5.64. The van der Waals surface area contributed by atoms with Crippen molar-refractivity contribution in [2.45, 2.75) is 25.0 Å². The number of allylic oxidation sites excluding steroid dienone is 2. The summed E-state index contributed by atoms with van der Waals surface area (Å²) in [6.07, 6.45) is 5.72. The number of nitrogens with one attached hydrogen (secondary N) is 1. The number of rotatable bonds is 5. The molecule has 158 valence electrons. The van der Waals surface area contributed by atoms with Crippen molar-refractivity contribution in [1.29, 1.82) is 0 Å². The van der Waals surface area contributed by atoms with Crippen LogP contribution in [0.1, 0.15) is 35.1 Å². The Kier molecular flexibility index (Phi) is 5.81. The maximum Gasteiger partial charge on any atom is 0.175 e. The monoisotopic (exact) mass is 539 g/mol. The van der Waals surface area contributed by atoms with Gasteiger partial charge in [-0.15, -0.1) is 0 Å². The van der Waals surface area contributed by atoms with E-state index in [-0.39, 0.29) is 6.04 Å². The van der Waals surface area contributed by atoms with Crippen molar-refractivity contribution in [3.63, 3.8) is 0 Å². The Morgan fingerprint density at radius 3 is 2.68 bits per heavy atom. The lowest BCUT2D eigenvalue weighted by Crippen LogP contribution is -2.29. The van der Waals surface area contributed by atoms with E-state index in [0.29, 0.717) is 18.4 Å². The number of hydrogen-bond donors (Lipinski definition) is 1. The van der Waals surface area contributed by atoms with E-state index in [1.165, 1.54) is 16.8 Å². The summed E-state index contributed by atoms with van der Waals surface area (Å²) in [6.45, 7) is 0.494. The van der Waals surface area contributed by atoms with E-state index in [2.05, 4.69) is 91.8 Å². The standard InChI is InChI=1S/C26H23Br2NO2/c1-30-24-13-17(12-22(28)26(24)31-15-16-6-3-2-4-7-16)25-20-9-5-8-19(20)21-14-18(27)10-11-23(21)29-25/h2-8,10-14,19-20,25,29H,9,15H2,1H3/t19-,20+,25+/m1/s1. The van der Waals surface area contributed by atoms with Crippen molar-refractivity contribution < 1.29 is 9.47 Å². The first kappa shape index (κ1) is 20.7. The van der Waals surface area contributed by atoms with Gasteiger partial charge in [0.2, 0.25) is 0 Å². The lowest BCUT2D eigenvalue weighted by molar-refractivity contribution is 0.282. The quantitative estimate of drug-likeness (QED) is 0.337. The van der Waals surface area contributed by atoms with Crippen LogP contribution in [-0.2, 0) is 6.61 Å². The molecule has 2 aliphatic rings. The normalized spacial score (nSPS) is 21.2. The summed E-state index contributed by atoms with van der Waals surface area (Å²) in [5, 5.41) is 3.79. The molecule has 5 heteroatoms. The Labute approximate surface area is 199 Å². The Morgan fingerprint density at radius 2 is 1.87 bits per heavy atom. The third-order valence-corrected chi connectivity index (χ3v) is 7.24. The molecule has 0 spiro atoms. The largest absolute Gasteiger partial charge is 0.493 e. The highest BCUT2D eigenvalue weighted by Crippen LogP contribution is 2.51. The molecule has 0 bridgehead atoms. The van der Waals surface area contributed by atoms with E-state index in [4.69, 9.17) is 9.47 Å². The van der Waals surface area contributed by atoms with Crippen molar-refractivity contribution >= 4 is 37.5 Å². The average molecular weight is 541 g/mol. The molecule has 0 unspecified atom stereocenters. The fraction of sp³-hybridized carbons (Fsp3) is 0.231. The van der Waals surface area contributed by atoms with Gasteiger partial charge in [-0.1, -0.05) is 58.4 Å². The van der Waals surface area contributed by atoms with Crippen LogP contribution in [0.3, 0.4) is 0 Å². The Bertz CT molecular complexity index is 1130. The van der Waals surface area contributed by atoms with Crippen LogP contribution in [-0.4, -0.2) is 7.11 Å². The van der Waals surface area contributed by atoms with Gasteiger partial charge in [0.25, 0.3) is 0 Å². The number of methoxy groups -OCH3 is 1. The van der Waals surface area contributed by atoms with E-state index in [1.54, 1.807) is 7.11 Å². The zero-order chi connectivity index (χ0) is 21.4. The van der Waals surface area contributed by atoms with Gasteiger partial charge in [0.1, 0.15) is 6.61 Å². The molecule has 0 saturated heterocycles. The molecular weight excluding hydrogens is 518 g/mol. The topological polar surface area (TPSA) is 30.5 Å². The first-order chi connectivity index (χ1) is 15.1. The Morgan fingerprint density at radius 1 is 1.03 bits per heavy atom. The van der Waals surface area contributed by atoms with Crippen molar-refractivity contribution in [2.24, 2.45) is 5.92 Å². The van der Waals surface area contributed by atoms with Gasteiger partial charge < -0.3 is 14.8 Å². The molecular formula is C26H23Br2NO2. The van der Waals surface area contributed by atoms with Gasteiger partial charge in [-0.3, -0.25) is 0 Å². The van der Waals surface area contributed by atoms with E-state index >= 15 is 0 Å². The maximum absolute atomic E-state index is 6.13. The van der Waals surface area contributed by atoms with E-state index in [9.17, 15) is 0 Å². The second kappa shape index (κ2) is 8.71. The predicted octanol–water partition coefficient (Wildman–Crippen LogP) is 7.63. The lowest BCUT2D eigenvalue weighted by Gasteiger charge is -2.38. The van der Waals surface area contributed by atoms with Crippen LogP contribution in [0.2, 0.25) is 0 Å². The third kappa shape index (κ3) is 4.01. The van der Waals surface area contributed by atoms with Crippen LogP contribution in [0, 0.1) is 5.92 Å². The van der Waals surface area contributed by atoms with Gasteiger partial charge in [0.15, 0.2) is 11.5 Å². The van der Waals surface area contributed by atoms with Crippen molar-refractivity contribution in [2.75, 3.05) is 12.4 Å². The van der Waals surface area contributed by atoms with E-state index in [1.807, 2.05) is 18.2 Å². The zero-order valence-electron chi connectivity index (χ0n) is 17.1. The minimum atomic E-state index is 0.196. The number of ether oxygens (including phenoxy) is 2. The predicted molar refractivity (Wildman–Crippen MR) is 132 cm³/mol. The maximum atomic E-state index is 6.13. The minimum Gasteiger partial charge on any atom is -0.493 e. The van der Waals surface area contributed by atoms with Gasteiger partial charge in [-0.25, -0.2) is 0 Å². The van der Waals surface area contributed by atoms with Gasteiger partial charge >= 0.3 is 0 Å². The van der Waals surface area contributed by atoms with E-state index in [0.717, 1.165) is 32.4 Å². The second-order valence-electron chi connectivity index (χ2n) is 8.02. The average Bonchev–Trinajstić information content (AvgIpc) is 3.28. The first-order valence-electron chi connectivity index (χ1n) is 10.4. The number of halogens is 2. The van der Waals surface area contributed by atoms with Crippen molar-refractivity contribution in [1.82, 2.24) is 0 Å². The zero-order valence-corrected chi connectivity index (χ0v) is 20.3. The Balaban J connectivity index is 1.46.